The number of carbonyl (C=O) groups excluding carboxylic acids is 3. The van der Waals surface area contributed by atoms with Gasteiger partial charge in [0.2, 0.25) is 0 Å². The first-order chi connectivity index (χ1) is 33.9. The third-order valence-electron chi connectivity index (χ3n) is 16.5. The van der Waals surface area contributed by atoms with Gasteiger partial charge in [0.1, 0.15) is 0 Å². The van der Waals surface area contributed by atoms with E-state index in [1.165, 1.54) is 78.8 Å². The fraction of sp³-hybridized carbons (Fsp3) is 0.431. The molecule has 3 aliphatic heterocycles. The highest BCUT2D eigenvalue weighted by molar-refractivity contribution is 6.30. The summed E-state index contributed by atoms with van der Waals surface area (Å²) in [6.07, 6.45) is 13.3. The van der Waals surface area contributed by atoms with Gasteiger partial charge in [0.15, 0.2) is 0 Å². The summed E-state index contributed by atoms with van der Waals surface area (Å²) in [5, 5.41) is 14.0. The minimum absolute atomic E-state index is 0.196. The fourth-order valence-corrected chi connectivity index (χ4v) is 12.8. The predicted octanol–water partition coefficient (Wildman–Crippen LogP) is 10.3. The summed E-state index contributed by atoms with van der Waals surface area (Å²) in [4.78, 5) is 40.9. The van der Waals surface area contributed by atoms with Crippen molar-refractivity contribution in [3.63, 3.8) is 0 Å². The number of ether oxygens (including phenoxy) is 2. The number of amides is 1. The van der Waals surface area contributed by atoms with Gasteiger partial charge in [-0.2, -0.15) is 0 Å². The molecule has 6 aliphatic rings. The summed E-state index contributed by atoms with van der Waals surface area (Å²) in [6, 6.07) is 34.2. The van der Waals surface area contributed by atoms with Crippen LogP contribution in [-0.2, 0) is 61.1 Å². The molecule has 368 valence electrons. The Bertz CT molecular complexity index is 2530. The van der Waals surface area contributed by atoms with Crippen molar-refractivity contribution in [2.45, 2.75) is 90.1 Å². The molecule has 5 aromatic rings. The first-order valence-corrected chi connectivity index (χ1v) is 25.7. The Morgan fingerprint density at radius 2 is 0.886 bits per heavy atom. The quantitative estimate of drug-likeness (QED) is 0.0832. The standard InChI is InChI=1S/C22H24ClNO2.C21H23ClN2O2.C15H19NO2/c1-26-21(25)19-4-2-3-17-13-22(14-20(17)19)9-11-24(12-10-22)15-16-5-7-18(23)8-6-16;22-17-6-4-15(5-7-17)14-24-10-8-21(9-11-24)12-16-2-1-3-18(19(16)13-21)20(25)23-26;1-18-14(17)12-4-2-3-11-9-15(10-13(11)12)5-7-16-8-6-15/h2-8H,9-15H2,1H3;1-7,26H,8-14H2,(H,23,25);2-4,16H,5-10H2,1H3. The Balaban J connectivity index is 0.000000133. The van der Waals surface area contributed by atoms with Gasteiger partial charge in [-0.05, 0) is 220 Å². The van der Waals surface area contributed by atoms with Crippen LogP contribution in [0.2, 0.25) is 10.0 Å². The second kappa shape index (κ2) is 21.7. The van der Waals surface area contributed by atoms with Gasteiger partial charge in [0.05, 0.1) is 25.3 Å². The summed E-state index contributed by atoms with van der Waals surface area (Å²) in [7, 11) is 2.92. The first-order valence-electron chi connectivity index (χ1n) is 25.0. The van der Waals surface area contributed by atoms with E-state index in [0.29, 0.717) is 16.4 Å². The van der Waals surface area contributed by atoms with Crippen molar-refractivity contribution in [3.8, 4) is 0 Å². The van der Waals surface area contributed by atoms with E-state index in [2.05, 4.69) is 57.6 Å². The highest BCUT2D eigenvalue weighted by Crippen LogP contribution is 2.48. The maximum Gasteiger partial charge on any atom is 0.338 e. The van der Waals surface area contributed by atoms with Gasteiger partial charge in [0, 0.05) is 28.7 Å². The molecule has 3 N–H and O–H groups in total. The zero-order valence-electron chi connectivity index (χ0n) is 40.6. The van der Waals surface area contributed by atoms with Gasteiger partial charge in [0.25, 0.3) is 5.91 Å². The molecule has 3 fully saturated rings. The number of piperidine rings is 3. The van der Waals surface area contributed by atoms with Crippen LogP contribution in [0.15, 0.2) is 103 Å². The molecule has 3 heterocycles. The molecule has 0 saturated carbocycles. The maximum absolute atomic E-state index is 12.1. The van der Waals surface area contributed by atoms with Crippen LogP contribution in [0.4, 0.5) is 0 Å². The van der Waals surface area contributed by atoms with E-state index in [9.17, 15) is 14.4 Å². The number of esters is 2. The summed E-state index contributed by atoms with van der Waals surface area (Å²) < 4.78 is 9.86. The molecule has 10 nitrogen and oxygen atoms in total. The number of likely N-dealkylation sites (tertiary alicyclic amines) is 2. The van der Waals surface area contributed by atoms with E-state index in [1.807, 2.05) is 54.6 Å². The van der Waals surface area contributed by atoms with E-state index in [1.54, 1.807) is 11.5 Å². The van der Waals surface area contributed by atoms with Crippen molar-refractivity contribution in [2.24, 2.45) is 16.2 Å². The van der Waals surface area contributed by atoms with Crippen LogP contribution in [0.3, 0.4) is 0 Å². The highest BCUT2D eigenvalue weighted by Gasteiger charge is 2.43. The molecule has 0 unspecified atom stereocenters. The zero-order valence-corrected chi connectivity index (χ0v) is 42.1. The average Bonchev–Trinajstić information content (AvgIpc) is 4.07. The van der Waals surface area contributed by atoms with Crippen LogP contribution >= 0.6 is 23.2 Å². The number of hydroxylamine groups is 1. The lowest BCUT2D eigenvalue weighted by Crippen LogP contribution is -2.40. The van der Waals surface area contributed by atoms with E-state index in [4.69, 9.17) is 37.9 Å². The molecule has 11 rings (SSSR count). The number of hydrogen-bond donors (Lipinski definition) is 3. The van der Waals surface area contributed by atoms with Crippen molar-refractivity contribution in [1.82, 2.24) is 20.6 Å². The molecule has 0 bridgehead atoms. The smallest absolute Gasteiger partial charge is 0.338 e. The van der Waals surface area contributed by atoms with Gasteiger partial charge in [-0.15, -0.1) is 0 Å². The summed E-state index contributed by atoms with van der Waals surface area (Å²) >= 11 is 11.9. The molecular formula is C58H66Cl2N4O6. The van der Waals surface area contributed by atoms with Crippen LogP contribution in [0.1, 0.15) is 114 Å². The van der Waals surface area contributed by atoms with Crippen molar-refractivity contribution >= 4 is 41.0 Å². The van der Waals surface area contributed by atoms with Crippen molar-refractivity contribution in [1.29, 1.82) is 0 Å². The summed E-state index contributed by atoms with van der Waals surface area (Å²) in [5.41, 5.74) is 15.0. The number of methoxy groups -OCH3 is 2. The van der Waals surface area contributed by atoms with Gasteiger partial charge in [-0.1, -0.05) is 83.9 Å². The number of halogens is 2. The van der Waals surface area contributed by atoms with Gasteiger partial charge in [-0.3, -0.25) is 19.8 Å². The second-order valence-corrected chi connectivity index (χ2v) is 21.7. The normalized spacial score (nSPS) is 19.2. The summed E-state index contributed by atoms with van der Waals surface area (Å²) in [6.45, 7) is 8.47. The minimum Gasteiger partial charge on any atom is -0.465 e. The number of rotatable bonds is 7. The van der Waals surface area contributed by atoms with Crippen molar-refractivity contribution in [2.75, 3.05) is 53.5 Å². The third kappa shape index (κ3) is 11.2. The zero-order chi connectivity index (χ0) is 48.9. The molecular weight excluding hydrogens is 920 g/mol. The molecule has 3 saturated heterocycles. The van der Waals surface area contributed by atoms with Crippen LogP contribution in [0.25, 0.3) is 0 Å². The van der Waals surface area contributed by atoms with E-state index < -0.39 is 5.91 Å². The van der Waals surface area contributed by atoms with Crippen LogP contribution in [0, 0.1) is 16.2 Å². The number of benzene rings is 5. The fourth-order valence-electron chi connectivity index (χ4n) is 12.5. The molecule has 70 heavy (non-hydrogen) atoms. The molecule has 0 radical (unpaired) electrons. The predicted molar refractivity (Wildman–Crippen MR) is 275 cm³/mol. The van der Waals surface area contributed by atoms with E-state index >= 15 is 0 Å². The number of nitrogens with zero attached hydrogens (tertiary/aromatic N) is 2. The molecule has 0 aromatic heterocycles. The van der Waals surface area contributed by atoms with Crippen molar-refractivity contribution < 1.29 is 29.1 Å². The lowest BCUT2D eigenvalue weighted by Gasteiger charge is -2.39. The molecule has 3 spiro atoms. The van der Waals surface area contributed by atoms with Crippen molar-refractivity contribution in [3.05, 3.63) is 174 Å². The molecule has 3 aliphatic carbocycles. The first kappa shape index (κ1) is 49.9. The van der Waals surface area contributed by atoms with E-state index in [-0.39, 0.29) is 17.4 Å². The Labute approximate surface area is 423 Å². The Hall–Kier alpha value is -5.07. The lowest BCUT2D eigenvalue weighted by molar-refractivity contribution is 0.0589. The van der Waals surface area contributed by atoms with E-state index in [0.717, 1.165) is 130 Å². The van der Waals surface area contributed by atoms with Gasteiger partial charge in [-0.25, -0.2) is 15.1 Å². The maximum atomic E-state index is 12.1. The SMILES string of the molecule is COC(=O)c1cccc2c1CC1(CCN(Cc3ccc(Cl)cc3)CC1)C2.COC(=O)c1cccc2c1CC1(CCNCC1)C2.O=C(NO)c1cccc2c1CC1(CCN(Cc3ccc(Cl)cc3)CC1)C2. The van der Waals surface area contributed by atoms with Gasteiger partial charge < -0.3 is 14.8 Å². The average molecular weight is 986 g/mol. The van der Waals surface area contributed by atoms with Crippen LogP contribution in [-0.4, -0.2) is 86.3 Å². The topological polar surface area (TPSA) is 120 Å². The molecule has 5 aromatic carbocycles. The summed E-state index contributed by atoms with van der Waals surface area (Å²) in [5.74, 6) is -0.809. The molecule has 12 heteroatoms. The second-order valence-electron chi connectivity index (χ2n) is 20.9. The molecule has 1 amide bonds. The van der Waals surface area contributed by atoms with Gasteiger partial charge >= 0.3 is 11.9 Å². The Morgan fingerprint density at radius 3 is 1.26 bits per heavy atom. The highest BCUT2D eigenvalue weighted by atomic mass is 35.5. The lowest BCUT2D eigenvalue weighted by atomic mass is 9.75. The largest absolute Gasteiger partial charge is 0.465 e. The Morgan fingerprint density at radius 1 is 0.529 bits per heavy atom. The number of fused-ring (bicyclic) bond motifs is 3. The third-order valence-corrected chi connectivity index (χ3v) is 17.0. The number of nitrogens with one attached hydrogen (secondary N) is 2. The number of carbonyl (C=O) groups is 3. The minimum atomic E-state index is -0.404. The monoisotopic (exact) mass is 984 g/mol. The van der Waals surface area contributed by atoms with Crippen LogP contribution in [0.5, 0.6) is 0 Å². The number of hydrogen-bond acceptors (Lipinski definition) is 9. The van der Waals surface area contributed by atoms with Crippen LogP contribution < -0.4 is 10.8 Å². The molecule has 0 atom stereocenters. The Kier molecular flexibility index (Phi) is 15.5.